The van der Waals surface area contributed by atoms with Crippen molar-refractivity contribution in [1.82, 2.24) is 14.8 Å². The zero-order valence-electron chi connectivity index (χ0n) is 12.1. The minimum Gasteiger partial charge on any atom is -0.370 e. The second-order valence-electron chi connectivity index (χ2n) is 5.69. The first-order valence-electron chi connectivity index (χ1n) is 7.43. The lowest BCUT2D eigenvalue weighted by molar-refractivity contribution is 0.0658. The predicted octanol–water partition coefficient (Wildman–Crippen LogP) is 1.07. The molecule has 0 spiro atoms. The average molecular weight is 274 g/mol. The summed E-state index contributed by atoms with van der Waals surface area (Å²) in [7, 11) is 2.09. The van der Waals surface area contributed by atoms with Crippen LogP contribution in [0.3, 0.4) is 0 Å². The maximum absolute atomic E-state index is 12.4. The Morgan fingerprint density at radius 1 is 1.05 bits per heavy atom. The van der Waals surface area contributed by atoms with Crippen molar-refractivity contribution in [2.24, 2.45) is 0 Å². The maximum atomic E-state index is 12.4. The van der Waals surface area contributed by atoms with Gasteiger partial charge in [0.05, 0.1) is 11.9 Å². The van der Waals surface area contributed by atoms with Gasteiger partial charge in [-0.05, 0) is 32.0 Å². The van der Waals surface area contributed by atoms with Crippen LogP contribution in [0.2, 0.25) is 0 Å². The number of hydrogen-bond acceptors (Lipinski definition) is 4. The smallest absolute Gasteiger partial charge is 0.272 e. The van der Waals surface area contributed by atoms with Crippen molar-refractivity contribution in [2.75, 3.05) is 51.2 Å². The summed E-state index contributed by atoms with van der Waals surface area (Å²) in [6, 6.07) is 3.90. The number of rotatable bonds is 2. The fraction of sp³-hybridized carbons (Fsp3) is 0.600. The second-order valence-corrected chi connectivity index (χ2v) is 5.69. The summed E-state index contributed by atoms with van der Waals surface area (Å²) in [5.74, 6) is 0.0612. The van der Waals surface area contributed by atoms with E-state index in [0.717, 1.165) is 45.0 Å². The Labute approximate surface area is 120 Å². The van der Waals surface area contributed by atoms with Crippen LogP contribution in [0.5, 0.6) is 0 Å². The van der Waals surface area contributed by atoms with Crippen LogP contribution >= 0.6 is 0 Å². The predicted molar refractivity (Wildman–Crippen MR) is 79.1 cm³/mol. The Hall–Kier alpha value is -1.62. The Kier molecular flexibility index (Phi) is 3.87. The first kappa shape index (κ1) is 13.4. The standard InChI is InChI=1S/C15H22N4O/c1-17-8-10-19(11-9-17)15(20)14-5-4-13(12-16-14)18-6-2-3-7-18/h4-5,12H,2-3,6-11H2,1H3. The minimum atomic E-state index is 0.0612. The summed E-state index contributed by atoms with van der Waals surface area (Å²) in [5.41, 5.74) is 1.70. The van der Waals surface area contributed by atoms with Crippen molar-refractivity contribution in [3.63, 3.8) is 0 Å². The van der Waals surface area contributed by atoms with Crippen molar-refractivity contribution >= 4 is 11.6 Å². The number of pyridine rings is 1. The van der Waals surface area contributed by atoms with Crippen LogP contribution in [0.25, 0.3) is 0 Å². The van der Waals surface area contributed by atoms with Gasteiger partial charge >= 0.3 is 0 Å². The van der Waals surface area contributed by atoms with Gasteiger partial charge in [-0.15, -0.1) is 0 Å². The lowest BCUT2D eigenvalue weighted by Gasteiger charge is -2.32. The van der Waals surface area contributed by atoms with Gasteiger partial charge in [0.15, 0.2) is 0 Å². The molecular formula is C15H22N4O. The van der Waals surface area contributed by atoms with Crippen molar-refractivity contribution in [1.29, 1.82) is 0 Å². The molecule has 0 unspecified atom stereocenters. The summed E-state index contributed by atoms with van der Waals surface area (Å²) < 4.78 is 0. The van der Waals surface area contributed by atoms with E-state index in [2.05, 4.69) is 21.8 Å². The van der Waals surface area contributed by atoms with Crippen LogP contribution in [-0.2, 0) is 0 Å². The molecule has 108 valence electrons. The molecular weight excluding hydrogens is 252 g/mol. The van der Waals surface area contributed by atoms with E-state index in [9.17, 15) is 4.79 Å². The molecule has 0 aromatic carbocycles. The molecule has 0 N–H and O–H groups in total. The normalized spacial score (nSPS) is 20.4. The number of likely N-dealkylation sites (N-methyl/N-ethyl adjacent to an activating group) is 1. The van der Waals surface area contributed by atoms with Crippen LogP contribution < -0.4 is 4.90 Å². The van der Waals surface area contributed by atoms with Crippen LogP contribution in [0.15, 0.2) is 18.3 Å². The molecule has 2 saturated heterocycles. The van der Waals surface area contributed by atoms with Crippen molar-refractivity contribution in [2.45, 2.75) is 12.8 Å². The zero-order chi connectivity index (χ0) is 13.9. The van der Waals surface area contributed by atoms with Crippen LogP contribution in [0.4, 0.5) is 5.69 Å². The Morgan fingerprint density at radius 2 is 1.75 bits per heavy atom. The van der Waals surface area contributed by atoms with Crippen molar-refractivity contribution in [3.05, 3.63) is 24.0 Å². The summed E-state index contributed by atoms with van der Waals surface area (Å²) in [5, 5.41) is 0. The van der Waals surface area contributed by atoms with Crippen molar-refractivity contribution in [3.8, 4) is 0 Å². The first-order chi connectivity index (χ1) is 9.74. The number of hydrogen-bond donors (Lipinski definition) is 0. The SMILES string of the molecule is CN1CCN(C(=O)c2ccc(N3CCCC3)cn2)CC1. The lowest BCUT2D eigenvalue weighted by Crippen LogP contribution is -2.47. The van der Waals surface area contributed by atoms with E-state index in [1.54, 1.807) is 0 Å². The molecule has 2 aliphatic rings. The summed E-state index contributed by atoms with van der Waals surface area (Å²) in [6.45, 7) is 5.69. The Balaban J connectivity index is 1.66. The van der Waals surface area contributed by atoms with E-state index in [-0.39, 0.29) is 5.91 Å². The molecule has 1 aromatic rings. The van der Waals surface area contributed by atoms with Gasteiger partial charge in [0.1, 0.15) is 5.69 Å². The molecule has 1 aromatic heterocycles. The van der Waals surface area contributed by atoms with E-state index >= 15 is 0 Å². The highest BCUT2D eigenvalue weighted by atomic mass is 16.2. The summed E-state index contributed by atoms with van der Waals surface area (Å²) in [6.07, 6.45) is 4.35. The third kappa shape index (κ3) is 2.77. The summed E-state index contributed by atoms with van der Waals surface area (Å²) >= 11 is 0. The van der Waals surface area contributed by atoms with Gasteiger partial charge in [0.25, 0.3) is 5.91 Å². The highest BCUT2D eigenvalue weighted by Gasteiger charge is 2.21. The van der Waals surface area contributed by atoms with Gasteiger partial charge in [0, 0.05) is 39.3 Å². The lowest BCUT2D eigenvalue weighted by atomic mass is 10.2. The first-order valence-corrected chi connectivity index (χ1v) is 7.43. The third-order valence-electron chi connectivity index (χ3n) is 4.23. The number of carbonyl (C=O) groups is 1. The molecule has 0 bridgehead atoms. The molecule has 2 aliphatic heterocycles. The maximum Gasteiger partial charge on any atom is 0.272 e. The second kappa shape index (κ2) is 5.79. The monoisotopic (exact) mass is 274 g/mol. The van der Waals surface area contributed by atoms with Crippen LogP contribution in [0, 0.1) is 0 Å². The van der Waals surface area contributed by atoms with E-state index < -0.39 is 0 Å². The number of amides is 1. The van der Waals surface area contributed by atoms with Gasteiger partial charge < -0.3 is 14.7 Å². The molecule has 0 atom stereocenters. The molecule has 3 heterocycles. The van der Waals surface area contributed by atoms with Crippen molar-refractivity contribution < 1.29 is 4.79 Å². The number of anilines is 1. The Morgan fingerprint density at radius 3 is 2.35 bits per heavy atom. The number of carbonyl (C=O) groups excluding carboxylic acids is 1. The van der Waals surface area contributed by atoms with Gasteiger partial charge in [-0.3, -0.25) is 4.79 Å². The number of aromatic nitrogens is 1. The largest absolute Gasteiger partial charge is 0.370 e. The average Bonchev–Trinajstić information content (AvgIpc) is 3.02. The number of piperazine rings is 1. The van der Waals surface area contributed by atoms with Gasteiger partial charge in [-0.1, -0.05) is 0 Å². The number of nitrogens with zero attached hydrogens (tertiary/aromatic N) is 4. The molecule has 20 heavy (non-hydrogen) atoms. The molecule has 5 nitrogen and oxygen atoms in total. The third-order valence-corrected chi connectivity index (χ3v) is 4.23. The fourth-order valence-corrected chi connectivity index (χ4v) is 2.85. The van der Waals surface area contributed by atoms with Gasteiger partial charge in [0.2, 0.25) is 0 Å². The molecule has 3 rings (SSSR count). The van der Waals surface area contributed by atoms with Crippen LogP contribution in [0.1, 0.15) is 23.3 Å². The fourth-order valence-electron chi connectivity index (χ4n) is 2.85. The zero-order valence-corrected chi connectivity index (χ0v) is 12.1. The Bertz CT molecular complexity index is 459. The molecule has 0 aliphatic carbocycles. The molecule has 2 fully saturated rings. The van der Waals surface area contributed by atoms with Crippen LogP contribution in [-0.4, -0.2) is 67.0 Å². The van der Waals surface area contributed by atoms with Gasteiger partial charge in [-0.25, -0.2) is 4.98 Å². The van der Waals surface area contributed by atoms with E-state index in [0.29, 0.717) is 5.69 Å². The molecule has 1 amide bonds. The topological polar surface area (TPSA) is 39.7 Å². The molecule has 0 radical (unpaired) electrons. The molecule has 5 heteroatoms. The van der Waals surface area contributed by atoms with Gasteiger partial charge in [-0.2, -0.15) is 0 Å². The summed E-state index contributed by atoms with van der Waals surface area (Å²) in [4.78, 5) is 23.2. The van der Waals surface area contributed by atoms with E-state index in [1.165, 1.54) is 12.8 Å². The van der Waals surface area contributed by atoms with E-state index in [1.807, 2.05) is 23.2 Å². The minimum absolute atomic E-state index is 0.0612. The molecule has 0 saturated carbocycles. The highest BCUT2D eigenvalue weighted by Crippen LogP contribution is 2.19. The highest BCUT2D eigenvalue weighted by molar-refractivity contribution is 5.92. The quantitative estimate of drug-likeness (QED) is 0.809. The van der Waals surface area contributed by atoms with E-state index in [4.69, 9.17) is 0 Å².